The number of benzene rings is 1. The minimum absolute atomic E-state index is 0.00664. The molecule has 118 valence electrons. The molecule has 0 bridgehead atoms. The Balaban J connectivity index is 2.89. The lowest BCUT2D eigenvalue weighted by atomic mass is 10.1. The lowest BCUT2D eigenvalue weighted by molar-refractivity contribution is -0.324. The fourth-order valence-corrected chi connectivity index (χ4v) is 1.73. The molecule has 2 nitrogen and oxygen atoms in total. The van der Waals surface area contributed by atoms with Crippen molar-refractivity contribution >= 4 is 28.8 Å². The molecule has 1 aromatic rings. The van der Waals surface area contributed by atoms with Crippen LogP contribution in [-0.4, -0.2) is 23.4 Å². The van der Waals surface area contributed by atoms with Gasteiger partial charge in [-0.1, -0.05) is 36.0 Å². The Kier molecular flexibility index (Phi) is 5.46. The Hall–Kier alpha value is -1.06. The number of halogens is 7. The van der Waals surface area contributed by atoms with Gasteiger partial charge in [-0.05, 0) is 11.6 Å². The lowest BCUT2D eigenvalue weighted by Crippen LogP contribution is -2.44. The molecule has 0 saturated heterocycles. The van der Waals surface area contributed by atoms with Gasteiger partial charge in [-0.15, -0.1) is 0 Å². The highest BCUT2D eigenvalue weighted by atomic mass is 35.5. The van der Waals surface area contributed by atoms with E-state index in [0.717, 1.165) is 0 Å². The van der Waals surface area contributed by atoms with E-state index < -0.39 is 25.1 Å². The fourth-order valence-electron chi connectivity index (χ4n) is 1.37. The number of thiocarbonyl (C=S) groups is 1. The first kappa shape index (κ1) is 18.0. The predicted octanol–water partition coefficient (Wildman–Crippen LogP) is 3.98. The van der Waals surface area contributed by atoms with Crippen molar-refractivity contribution in [3.8, 4) is 0 Å². The average Bonchev–Trinajstić information content (AvgIpc) is 2.27. The average molecular weight is 352 g/mol. The maximum Gasteiger partial charge on any atom is 0.423 e. The van der Waals surface area contributed by atoms with E-state index in [4.69, 9.17) is 17.3 Å². The largest absolute Gasteiger partial charge is 0.423 e. The van der Waals surface area contributed by atoms with Gasteiger partial charge in [-0.2, -0.15) is 26.3 Å². The van der Waals surface area contributed by atoms with Crippen molar-refractivity contribution in [2.75, 3.05) is 0 Å². The van der Waals surface area contributed by atoms with Crippen molar-refractivity contribution in [3.05, 3.63) is 34.3 Å². The molecule has 0 aromatic heterocycles. The second-order valence-corrected chi connectivity index (χ2v) is 4.79. The molecule has 0 radical (unpaired) electrons. The molecule has 0 aliphatic rings. The fraction of sp³-hybridized carbons (Fsp3) is 0.364. The number of ether oxygens (including phenoxy) is 1. The molecule has 2 N–H and O–H groups in total. The molecule has 0 atom stereocenters. The summed E-state index contributed by atoms with van der Waals surface area (Å²) in [5.41, 5.74) is 5.60. The van der Waals surface area contributed by atoms with Crippen molar-refractivity contribution in [2.45, 2.75) is 25.1 Å². The zero-order valence-electron chi connectivity index (χ0n) is 10.1. The maximum absolute atomic E-state index is 12.3. The molecule has 0 heterocycles. The summed E-state index contributed by atoms with van der Waals surface area (Å²) in [7, 11) is 0. The normalized spacial score (nSPS) is 12.8. The van der Waals surface area contributed by atoms with Crippen LogP contribution >= 0.6 is 23.8 Å². The number of hydrogen-bond donors (Lipinski definition) is 1. The zero-order chi connectivity index (χ0) is 16.4. The smallest absolute Gasteiger partial charge is 0.389 e. The Labute approximate surface area is 125 Å². The Morgan fingerprint density at radius 2 is 1.71 bits per heavy atom. The zero-order valence-corrected chi connectivity index (χ0v) is 11.6. The van der Waals surface area contributed by atoms with E-state index in [1.807, 2.05) is 0 Å². The van der Waals surface area contributed by atoms with Crippen LogP contribution in [-0.2, 0) is 11.3 Å². The Morgan fingerprint density at radius 3 is 2.10 bits per heavy atom. The minimum atomic E-state index is -5.57. The summed E-state index contributed by atoms with van der Waals surface area (Å²) in [6.45, 7) is -0.958. The summed E-state index contributed by atoms with van der Waals surface area (Å²) in [6.07, 6.45) is -15.0. The molecule has 10 heteroatoms. The van der Waals surface area contributed by atoms with Crippen molar-refractivity contribution in [1.29, 1.82) is 0 Å². The van der Waals surface area contributed by atoms with Gasteiger partial charge in [0.2, 0.25) is 6.10 Å². The molecule has 0 fully saturated rings. The predicted molar refractivity (Wildman–Crippen MR) is 68.0 cm³/mol. The van der Waals surface area contributed by atoms with Gasteiger partial charge in [0.1, 0.15) is 4.99 Å². The highest BCUT2D eigenvalue weighted by Gasteiger charge is 2.57. The summed E-state index contributed by atoms with van der Waals surface area (Å²) in [5, 5.41) is -0.0941. The second-order valence-electron chi connectivity index (χ2n) is 3.94. The molecular weight excluding hydrogens is 344 g/mol. The van der Waals surface area contributed by atoms with Crippen molar-refractivity contribution < 1.29 is 31.1 Å². The molecule has 21 heavy (non-hydrogen) atoms. The Bertz CT molecular complexity index is 516. The van der Waals surface area contributed by atoms with Crippen LogP contribution in [0.15, 0.2) is 18.2 Å². The quantitative estimate of drug-likeness (QED) is 0.658. The molecule has 1 aromatic carbocycles. The first-order valence-electron chi connectivity index (χ1n) is 5.26. The van der Waals surface area contributed by atoms with Crippen LogP contribution in [0.5, 0.6) is 0 Å². The lowest BCUT2D eigenvalue weighted by Gasteiger charge is -2.23. The van der Waals surface area contributed by atoms with Crippen LogP contribution in [0.1, 0.15) is 11.1 Å². The van der Waals surface area contributed by atoms with Gasteiger partial charge >= 0.3 is 12.4 Å². The Morgan fingerprint density at radius 1 is 1.19 bits per heavy atom. The third kappa shape index (κ3) is 5.01. The molecule has 0 unspecified atom stereocenters. The van der Waals surface area contributed by atoms with E-state index >= 15 is 0 Å². The summed E-state index contributed by atoms with van der Waals surface area (Å²) in [4.78, 5) is -0.00664. The number of hydrogen-bond acceptors (Lipinski definition) is 2. The molecule has 1 rings (SSSR count). The van der Waals surface area contributed by atoms with Gasteiger partial charge in [-0.25, -0.2) is 0 Å². The van der Waals surface area contributed by atoms with Crippen molar-refractivity contribution in [2.24, 2.45) is 5.73 Å². The SMILES string of the molecule is NC(=S)c1ccc(COC(C(F)(F)F)C(F)(F)F)c(Cl)c1. The standard InChI is InChI=1S/C11H8ClF6NOS/c12-7-3-5(8(19)21)1-2-6(7)4-20-9(10(13,14)15)11(16,17)18/h1-3,9H,4H2,(H2,19,21). The molecule has 0 spiro atoms. The van der Waals surface area contributed by atoms with E-state index in [1.54, 1.807) is 0 Å². The van der Waals surface area contributed by atoms with Gasteiger partial charge < -0.3 is 10.5 Å². The molecule has 0 amide bonds. The van der Waals surface area contributed by atoms with Crippen molar-refractivity contribution in [1.82, 2.24) is 0 Å². The summed E-state index contributed by atoms with van der Waals surface area (Å²) >= 11 is 10.4. The maximum atomic E-state index is 12.3. The van der Waals surface area contributed by atoms with Crippen LogP contribution in [0.3, 0.4) is 0 Å². The van der Waals surface area contributed by atoms with Gasteiger partial charge in [0.15, 0.2) is 0 Å². The van der Waals surface area contributed by atoms with E-state index in [9.17, 15) is 26.3 Å². The summed E-state index contributed by atoms with van der Waals surface area (Å²) in [5.74, 6) is 0. The van der Waals surface area contributed by atoms with Gasteiger partial charge in [0, 0.05) is 10.6 Å². The topological polar surface area (TPSA) is 35.2 Å². The van der Waals surface area contributed by atoms with Gasteiger partial charge in [0.05, 0.1) is 6.61 Å². The second kappa shape index (κ2) is 6.37. The van der Waals surface area contributed by atoms with Crippen molar-refractivity contribution in [3.63, 3.8) is 0 Å². The first-order valence-corrected chi connectivity index (χ1v) is 6.05. The van der Waals surface area contributed by atoms with E-state index in [1.165, 1.54) is 18.2 Å². The third-order valence-electron chi connectivity index (χ3n) is 2.34. The van der Waals surface area contributed by atoms with Crippen LogP contribution in [0.2, 0.25) is 5.02 Å². The highest BCUT2D eigenvalue weighted by Crippen LogP contribution is 2.36. The minimum Gasteiger partial charge on any atom is -0.389 e. The summed E-state index contributed by atoms with van der Waals surface area (Å²) < 4.78 is 77.6. The molecule has 0 aliphatic carbocycles. The first-order chi connectivity index (χ1) is 9.43. The van der Waals surface area contributed by atoms with E-state index in [0.29, 0.717) is 5.56 Å². The molecular formula is C11H8ClF6NOS. The molecule has 0 saturated carbocycles. The monoisotopic (exact) mass is 351 g/mol. The highest BCUT2D eigenvalue weighted by molar-refractivity contribution is 7.80. The van der Waals surface area contributed by atoms with E-state index in [2.05, 4.69) is 17.0 Å². The van der Waals surface area contributed by atoms with Gasteiger partial charge in [0.25, 0.3) is 0 Å². The third-order valence-corrected chi connectivity index (χ3v) is 2.93. The summed E-state index contributed by atoms with van der Waals surface area (Å²) in [6, 6.07) is 3.75. The molecule has 0 aliphatic heterocycles. The van der Waals surface area contributed by atoms with Gasteiger partial charge in [-0.3, -0.25) is 0 Å². The number of nitrogens with two attached hydrogens (primary N) is 1. The van der Waals surface area contributed by atoms with Crippen LogP contribution in [0.25, 0.3) is 0 Å². The van der Waals surface area contributed by atoms with Crippen LogP contribution in [0, 0.1) is 0 Å². The van der Waals surface area contributed by atoms with E-state index in [-0.39, 0.29) is 15.6 Å². The number of alkyl halides is 6. The number of rotatable bonds is 4. The van der Waals surface area contributed by atoms with Crippen LogP contribution in [0.4, 0.5) is 26.3 Å². The van der Waals surface area contributed by atoms with Crippen LogP contribution < -0.4 is 5.73 Å².